The summed E-state index contributed by atoms with van der Waals surface area (Å²) >= 11 is 0.802. The molecular weight excluding hydrogens is 1660 g/mol. The number of likely N-dealkylation sites (N-methyl/N-ethyl adjacent to an activating group) is 4. The van der Waals surface area contributed by atoms with Crippen molar-refractivity contribution in [3.63, 3.8) is 0 Å². The van der Waals surface area contributed by atoms with E-state index in [1.54, 1.807) is 135 Å². The smallest absolute Gasteiger partial charge is 0.305 e. The molecule has 0 saturated carbocycles. The first kappa shape index (κ1) is 97.1. The molecule has 127 heavy (non-hydrogen) atoms. The summed E-state index contributed by atoms with van der Waals surface area (Å²) in [4.78, 5) is 243. The van der Waals surface area contributed by atoms with Crippen LogP contribution in [-0.2, 0) is 115 Å². The van der Waals surface area contributed by atoms with E-state index in [-0.39, 0.29) is 75.1 Å². The van der Waals surface area contributed by atoms with Gasteiger partial charge in [-0.05, 0) is 83.0 Å². The van der Waals surface area contributed by atoms with Crippen LogP contribution in [0.25, 0.3) is 10.9 Å². The number of carboxylic acid groups (broad SMARTS) is 1. The van der Waals surface area contributed by atoms with Gasteiger partial charge in [0, 0.05) is 95.6 Å². The second-order valence-electron chi connectivity index (χ2n) is 31.9. The van der Waals surface area contributed by atoms with Crippen molar-refractivity contribution in [1.29, 1.82) is 0 Å². The van der Waals surface area contributed by atoms with Gasteiger partial charge in [-0.15, -0.1) is 11.8 Å². The summed E-state index contributed by atoms with van der Waals surface area (Å²) in [5.41, 5.74) is 15.1. The maximum atomic E-state index is 15.5. The highest BCUT2D eigenvalue weighted by molar-refractivity contribution is 8.00. The number of nitrogens with one attached hydrogen (secondary N) is 10. The molecule has 15 amide bonds. The molecule has 11 atom stereocenters. The number of aromatic nitrogens is 1. The standard InChI is InChI=1S/C90H111N17O19S/c1-8-9-29-70-88(124)103(4)48-75(111)96-66(45-78(114)115)84(120)102-79(52(2)3)90(126)105(6)72(40-54-23-15-11-16-24-54)85(121)100-68-42-57-32-35-60(109)44-71(57)107(87(68)123)49-76(112)95-65(43-58-46-93-62-28-20-19-27-61(58)62)83(119)99-64(38-56-30-33-59(108)34-31-56)82(118)98-63(36-37-91)81(117)101-69(80(116)94-47-74(92)110)50-127-51-77(113)97-67(39-53-21-13-10-14-22-53)86(122)106(7)73(89(125)104(70)5)41-55-25-17-12-18-26-55/h10-28,30-35,44,46,52,63-70,72-73,79,93,108-109H,8-9,29,36-43,45,47-51,91H2,1-7H3,(H2,92,110)(H,94,116)(H,95,112)(H,96,111)(H,97,113)(H,98,118)(H,99,119)(H,100,121)(H,101,117)(H,102,120)(H,114,115)/t63-,64?,65-,66-,67-,68-,69-,70-,72-,73-,79-/m0/s1. The minimum Gasteiger partial charge on any atom is -0.508 e. The number of aromatic amines is 1. The summed E-state index contributed by atoms with van der Waals surface area (Å²) in [6, 6.07) is 25.2. The van der Waals surface area contributed by atoms with E-state index in [4.69, 9.17) is 11.5 Å². The van der Waals surface area contributed by atoms with E-state index in [9.17, 15) is 53.7 Å². The molecule has 1 saturated heterocycles. The lowest BCUT2D eigenvalue weighted by molar-refractivity contribution is -0.151. The molecule has 17 N–H and O–H groups in total. The molecule has 0 spiro atoms. The van der Waals surface area contributed by atoms with Crippen LogP contribution < -0.4 is 64.2 Å². The molecule has 6 aromatic carbocycles. The molecule has 2 aliphatic heterocycles. The van der Waals surface area contributed by atoms with Gasteiger partial charge in [-0.3, -0.25) is 76.7 Å². The van der Waals surface area contributed by atoms with E-state index in [2.05, 4.69) is 52.8 Å². The maximum Gasteiger partial charge on any atom is 0.305 e. The molecule has 0 radical (unpaired) electrons. The number of aliphatic carboxylic acids is 1. The molecule has 3 heterocycles. The Labute approximate surface area is 738 Å². The number of benzene rings is 6. The second-order valence-corrected chi connectivity index (χ2v) is 32.9. The molecule has 1 unspecified atom stereocenters. The van der Waals surface area contributed by atoms with Gasteiger partial charge in [0.05, 0.1) is 31.0 Å². The first-order valence-corrected chi connectivity index (χ1v) is 42.9. The summed E-state index contributed by atoms with van der Waals surface area (Å²) in [6.45, 7) is 2.29. The van der Waals surface area contributed by atoms with Gasteiger partial charge in [-0.1, -0.05) is 161 Å². The van der Waals surface area contributed by atoms with Crippen molar-refractivity contribution >= 4 is 123 Å². The monoisotopic (exact) mass is 1770 g/mol. The van der Waals surface area contributed by atoms with E-state index in [1.807, 2.05) is 6.92 Å². The number of hydrogen-bond donors (Lipinski definition) is 15. The molecule has 1 fully saturated rings. The van der Waals surface area contributed by atoms with Crippen molar-refractivity contribution in [2.24, 2.45) is 17.4 Å². The zero-order valence-corrected chi connectivity index (χ0v) is 72.5. The van der Waals surface area contributed by atoms with Crippen LogP contribution in [0.3, 0.4) is 0 Å². The van der Waals surface area contributed by atoms with E-state index in [0.29, 0.717) is 57.1 Å². The molecular formula is C90H111N17O19S. The number of nitrogens with zero attached hydrogens (tertiary/aromatic N) is 5. The summed E-state index contributed by atoms with van der Waals surface area (Å²) in [6.07, 6.45) is -0.169. The van der Waals surface area contributed by atoms with Crippen molar-refractivity contribution in [3.05, 3.63) is 197 Å². The number of anilines is 1. The third-order valence-corrected chi connectivity index (χ3v) is 23.1. The molecule has 2 aliphatic rings. The highest BCUT2D eigenvalue weighted by atomic mass is 32.2. The lowest BCUT2D eigenvalue weighted by Gasteiger charge is -2.37. The fraction of sp³-hybridized carbons (Fsp3) is 0.400. The Bertz CT molecular complexity index is 5100. The minimum absolute atomic E-state index is 0.0278. The van der Waals surface area contributed by atoms with Crippen molar-refractivity contribution in [2.75, 3.05) is 70.8 Å². The Hall–Kier alpha value is -13.7. The predicted molar refractivity (Wildman–Crippen MR) is 471 cm³/mol. The second kappa shape index (κ2) is 46.3. The van der Waals surface area contributed by atoms with E-state index in [0.717, 1.165) is 36.3 Å². The third kappa shape index (κ3) is 27.4. The largest absolute Gasteiger partial charge is 0.508 e. The van der Waals surface area contributed by atoms with Crippen LogP contribution in [0.2, 0.25) is 0 Å². The number of unbranched alkanes of at least 4 members (excludes halogenated alkanes) is 1. The minimum atomic E-state index is -1.90. The normalized spacial score (nSPS) is 22.3. The number of H-pyrrole nitrogens is 1. The molecule has 7 aromatic rings. The highest BCUT2D eigenvalue weighted by Crippen LogP contribution is 2.32. The SMILES string of the molecule is CCCC[C@H]1C(=O)N(C)CC(=O)N[C@@H](CC(=O)O)C(=O)N[C@@H](C(C)C)C(=O)N(C)[C@@H](Cc2ccccc2)C(=O)N[C@H]2Cc3ccc(O)cc3N(CC(=O)N[C@@H](Cc3c[nH]c4ccccc34)C(=O)NC(Cc3ccc(O)cc3)C(=O)N[C@@H](CCN)C(=O)N[C@H](C(=O)NCC(N)=O)CSCC(=O)N[C@@H](Cc3ccccc3)C(=O)N(C)[C@@H](Cc3ccccc3)C(=O)N1C)C2=O. The number of fused-ring (bicyclic) bond motifs is 5. The Balaban J connectivity index is 1.11. The number of thioether (sulfide) groups is 1. The van der Waals surface area contributed by atoms with E-state index >= 15 is 38.4 Å². The zero-order chi connectivity index (χ0) is 92.3. The predicted octanol–water partition coefficient (Wildman–Crippen LogP) is 0.517. The topological polar surface area (TPSA) is 526 Å². The molecule has 2 bridgehead atoms. The number of phenolic OH excluding ortho intramolecular Hbond substituents is 2. The van der Waals surface area contributed by atoms with Gasteiger partial charge < -0.3 is 104 Å². The number of carbonyl (C=O) groups is 16. The first-order valence-electron chi connectivity index (χ1n) is 41.7. The number of amides is 15. The van der Waals surface area contributed by atoms with Crippen molar-refractivity contribution in [1.82, 2.24) is 72.4 Å². The number of phenols is 2. The van der Waals surface area contributed by atoms with Crippen LogP contribution in [0.4, 0.5) is 5.69 Å². The van der Waals surface area contributed by atoms with Crippen LogP contribution in [0, 0.1) is 5.92 Å². The van der Waals surface area contributed by atoms with Gasteiger partial charge in [0.15, 0.2) is 0 Å². The first-order chi connectivity index (χ1) is 60.6. The molecule has 36 nitrogen and oxygen atoms in total. The Morgan fingerprint density at radius 2 is 1.04 bits per heavy atom. The van der Waals surface area contributed by atoms with E-state index < -0.39 is 205 Å². The Morgan fingerprint density at radius 1 is 0.512 bits per heavy atom. The van der Waals surface area contributed by atoms with Crippen molar-refractivity contribution < 1.29 is 92.0 Å². The van der Waals surface area contributed by atoms with Crippen LogP contribution in [0.5, 0.6) is 11.5 Å². The highest BCUT2D eigenvalue weighted by Gasteiger charge is 2.44. The Morgan fingerprint density at radius 3 is 1.65 bits per heavy atom. The van der Waals surface area contributed by atoms with Crippen LogP contribution in [0.1, 0.15) is 86.3 Å². The van der Waals surface area contributed by atoms with Gasteiger partial charge in [0.2, 0.25) is 88.6 Å². The molecule has 37 heteroatoms. The number of rotatable bonds is 21. The van der Waals surface area contributed by atoms with Crippen LogP contribution >= 0.6 is 11.8 Å². The summed E-state index contributed by atoms with van der Waals surface area (Å²) in [5.74, 6) is -17.7. The summed E-state index contributed by atoms with van der Waals surface area (Å²) in [7, 11) is 5.26. The quantitative estimate of drug-likeness (QED) is 0.0466. The Kier molecular flexibility index (Phi) is 35.4. The van der Waals surface area contributed by atoms with Gasteiger partial charge in [0.25, 0.3) is 0 Å². The number of nitrogens with two attached hydrogens (primary N) is 2. The van der Waals surface area contributed by atoms with Crippen molar-refractivity contribution in [2.45, 2.75) is 158 Å². The van der Waals surface area contributed by atoms with Crippen LogP contribution in [-0.4, -0.2) is 267 Å². The van der Waals surface area contributed by atoms with Gasteiger partial charge >= 0.3 is 5.97 Å². The van der Waals surface area contributed by atoms with Gasteiger partial charge in [-0.25, -0.2) is 0 Å². The average molecular weight is 1770 g/mol. The zero-order valence-electron chi connectivity index (χ0n) is 71.7. The number of hydrogen-bond acceptors (Lipinski definition) is 20. The molecule has 676 valence electrons. The fourth-order valence-electron chi connectivity index (χ4n) is 15.1. The molecule has 0 aliphatic carbocycles. The maximum absolute atomic E-state index is 15.5. The van der Waals surface area contributed by atoms with Crippen LogP contribution in [0.15, 0.2) is 164 Å². The number of aromatic hydroxyl groups is 2. The fourth-order valence-corrected chi connectivity index (χ4v) is 15.9. The molecule has 9 rings (SSSR count). The van der Waals surface area contributed by atoms with Gasteiger partial charge in [-0.2, -0.15) is 0 Å². The lowest BCUT2D eigenvalue weighted by atomic mass is 9.95. The summed E-state index contributed by atoms with van der Waals surface area (Å²) < 4.78 is 0. The lowest BCUT2D eigenvalue weighted by Crippen LogP contribution is -2.62. The molecule has 1 aromatic heterocycles. The number of carboxylic acids is 1. The third-order valence-electron chi connectivity index (χ3n) is 22.0. The van der Waals surface area contributed by atoms with Gasteiger partial charge in [0.1, 0.15) is 84.5 Å². The average Bonchev–Trinajstić information content (AvgIpc) is 1.29. The van der Waals surface area contributed by atoms with Crippen molar-refractivity contribution in [3.8, 4) is 11.5 Å². The number of carbonyl (C=O) groups excluding carboxylic acids is 15. The summed E-state index contributed by atoms with van der Waals surface area (Å²) in [5, 5.41) is 55.8. The van der Waals surface area contributed by atoms with E-state index in [1.165, 1.54) is 70.7 Å². The number of primary amides is 1. The number of para-hydroxylation sites is 1.